The molecule has 1 N–H and O–H groups in total. The van der Waals surface area contributed by atoms with Crippen LogP contribution in [-0.4, -0.2) is 31.6 Å². The van der Waals surface area contributed by atoms with Gasteiger partial charge in [0.25, 0.3) is 0 Å². The lowest BCUT2D eigenvalue weighted by atomic mass is 9.78. The zero-order chi connectivity index (χ0) is 13.9. The number of nitrogens with one attached hydrogen (secondary N) is 1. The highest BCUT2D eigenvalue weighted by Gasteiger charge is 2.41. The molecule has 1 aromatic rings. The average Bonchev–Trinajstić information content (AvgIpc) is 2.67. The Hall–Kier alpha value is -0.380. The van der Waals surface area contributed by atoms with Crippen molar-refractivity contribution in [1.82, 2.24) is 10.2 Å². The molecule has 0 radical (unpaired) electrons. The van der Waals surface area contributed by atoms with E-state index in [-0.39, 0.29) is 5.54 Å². The minimum absolute atomic E-state index is 0.275. The second-order valence-electron chi connectivity index (χ2n) is 6.07. The highest BCUT2D eigenvalue weighted by atomic mass is 32.1. The maximum Gasteiger partial charge on any atom is 0.0515 e. The summed E-state index contributed by atoms with van der Waals surface area (Å²) in [4.78, 5) is 3.95. The molecule has 1 heterocycles. The van der Waals surface area contributed by atoms with Crippen LogP contribution in [0.2, 0.25) is 0 Å². The molecule has 2 rings (SSSR count). The summed E-state index contributed by atoms with van der Waals surface area (Å²) in [6.45, 7) is 2.25. The summed E-state index contributed by atoms with van der Waals surface area (Å²) in [6.07, 6.45) is 8.13. The number of aryl methyl sites for hydroxylation is 1. The van der Waals surface area contributed by atoms with E-state index in [0.717, 1.165) is 0 Å². The first kappa shape index (κ1) is 15.0. The molecule has 108 valence electrons. The van der Waals surface area contributed by atoms with Crippen LogP contribution in [0, 0.1) is 6.92 Å². The molecule has 0 spiro atoms. The molecule has 19 heavy (non-hydrogen) atoms. The largest absolute Gasteiger partial charge is 0.311 e. The third-order valence-corrected chi connectivity index (χ3v) is 5.76. The van der Waals surface area contributed by atoms with Gasteiger partial charge in [0.2, 0.25) is 0 Å². The molecule has 1 saturated carbocycles. The van der Waals surface area contributed by atoms with Crippen LogP contribution < -0.4 is 5.32 Å². The van der Waals surface area contributed by atoms with Crippen LogP contribution in [0.4, 0.5) is 0 Å². The van der Waals surface area contributed by atoms with Crippen LogP contribution in [-0.2, 0) is 0 Å². The van der Waals surface area contributed by atoms with Gasteiger partial charge in [0, 0.05) is 10.4 Å². The van der Waals surface area contributed by atoms with Crippen molar-refractivity contribution in [3.63, 3.8) is 0 Å². The molecule has 3 heteroatoms. The van der Waals surface area contributed by atoms with Crippen molar-refractivity contribution in [2.45, 2.75) is 57.0 Å². The van der Waals surface area contributed by atoms with E-state index in [0.29, 0.717) is 6.04 Å². The van der Waals surface area contributed by atoms with Crippen molar-refractivity contribution in [3.8, 4) is 0 Å². The molecule has 1 atom stereocenters. The lowest BCUT2D eigenvalue weighted by molar-refractivity contribution is 0.0834. The van der Waals surface area contributed by atoms with Crippen LogP contribution in [0.15, 0.2) is 11.4 Å². The van der Waals surface area contributed by atoms with E-state index in [1.165, 1.54) is 49.0 Å². The Morgan fingerprint density at radius 3 is 2.26 bits per heavy atom. The second kappa shape index (κ2) is 6.38. The topological polar surface area (TPSA) is 15.3 Å². The van der Waals surface area contributed by atoms with Gasteiger partial charge >= 0.3 is 0 Å². The van der Waals surface area contributed by atoms with Crippen molar-refractivity contribution in [1.29, 1.82) is 0 Å². The third-order valence-electron chi connectivity index (χ3n) is 4.90. The molecule has 1 aliphatic carbocycles. The number of hydrogen-bond acceptors (Lipinski definition) is 3. The predicted molar refractivity (Wildman–Crippen MR) is 85.0 cm³/mol. The van der Waals surface area contributed by atoms with Gasteiger partial charge in [0.15, 0.2) is 0 Å². The summed E-state index contributed by atoms with van der Waals surface area (Å²) in [5.41, 5.74) is 1.78. The van der Waals surface area contributed by atoms with Crippen LogP contribution in [0.1, 0.15) is 55.0 Å². The maximum absolute atomic E-state index is 3.63. The van der Waals surface area contributed by atoms with Gasteiger partial charge in [-0.25, -0.2) is 0 Å². The van der Waals surface area contributed by atoms with Gasteiger partial charge in [0.05, 0.1) is 6.04 Å². The molecule has 0 aliphatic heterocycles. The number of rotatable bonds is 4. The summed E-state index contributed by atoms with van der Waals surface area (Å²) in [7, 11) is 6.65. The molecular weight excluding hydrogens is 252 g/mol. The Balaban J connectivity index is 2.37. The summed E-state index contributed by atoms with van der Waals surface area (Å²) in [5, 5.41) is 5.86. The van der Waals surface area contributed by atoms with E-state index in [4.69, 9.17) is 0 Å². The molecule has 1 fully saturated rings. The number of nitrogens with zero attached hydrogens (tertiary/aromatic N) is 1. The second-order valence-corrected chi connectivity index (χ2v) is 7.19. The van der Waals surface area contributed by atoms with Crippen LogP contribution in [0.25, 0.3) is 0 Å². The summed E-state index contributed by atoms with van der Waals surface area (Å²) >= 11 is 1.87. The highest BCUT2D eigenvalue weighted by Crippen LogP contribution is 2.42. The first-order valence-electron chi connectivity index (χ1n) is 7.50. The lowest BCUT2D eigenvalue weighted by Gasteiger charge is -2.46. The Bertz CT molecular complexity index is 389. The van der Waals surface area contributed by atoms with Gasteiger partial charge < -0.3 is 10.2 Å². The molecule has 2 nitrogen and oxygen atoms in total. The lowest BCUT2D eigenvalue weighted by Crippen LogP contribution is -2.53. The van der Waals surface area contributed by atoms with Crippen molar-refractivity contribution in [3.05, 3.63) is 21.9 Å². The van der Waals surface area contributed by atoms with Crippen LogP contribution in [0.5, 0.6) is 0 Å². The molecule has 0 aromatic carbocycles. The number of thiophene rings is 1. The SMILES string of the molecule is CNC(c1ccsc1C)C1(N(C)C)CCCCCC1. The van der Waals surface area contributed by atoms with Crippen molar-refractivity contribution >= 4 is 11.3 Å². The molecule has 0 amide bonds. The van der Waals surface area contributed by atoms with Crippen molar-refractivity contribution in [2.75, 3.05) is 21.1 Å². The predicted octanol–water partition coefficient (Wildman–Crippen LogP) is 3.97. The molecular formula is C16H28N2S. The van der Waals surface area contributed by atoms with Crippen LogP contribution in [0.3, 0.4) is 0 Å². The summed E-state index contributed by atoms with van der Waals surface area (Å²) in [6, 6.07) is 2.77. The summed E-state index contributed by atoms with van der Waals surface area (Å²) < 4.78 is 0. The monoisotopic (exact) mass is 280 g/mol. The molecule has 0 bridgehead atoms. The Morgan fingerprint density at radius 2 is 1.84 bits per heavy atom. The zero-order valence-electron chi connectivity index (χ0n) is 12.8. The van der Waals surface area contributed by atoms with Gasteiger partial charge in [-0.3, -0.25) is 0 Å². The van der Waals surface area contributed by atoms with Gasteiger partial charge in [0.1, 0.15) is 0 Å². The minimum Gasteiger partial charge on any atom is -0.311 e. The van der Waals surface area contributed by atoms with E-state index in [1.807, 2.05) is 11.3 Å². The number of hydrogen-bond donors (Lipinski definition) is 1. The van der Waals surface area contributed by atoms with E-state index < -0.39 is 0 Å². The molecule has 1 aromatic heterocycles. The van der Waals surface area contributed by atoms with E-state index in [2.05, 4.69) is 49.7 Å². The average molecular weight is 280 g/mol. The maximum atomic E-state index is 3.63. The standard InChI is InChI=1S/C16H28N2S/c1-13-14(9-12-19-13)15(17-2)16(18(3)4)10-7-5-6-8-11-16/h9,12,15,17H,5-8,10-11H2,1-4H3. The van der Waals surface area contributed by atoms with Gasteiger partial charge in [-0.15, -0.1) is 11.3 Å². The zero-order valence-corrected chi connectivity index (χ0v) is 13.6. The molecule has 0 saturated heterocycles. The first-order chi connectivity index (χ1) is 9.12. The fourth-order valence-electron chi connectivity index (χ4n) is 3.74. The van der Waals surface area contributed by atoms with Crippen molar-refractivity contribution in [2.24, 2.45) is 0 Å². The molecule has 1 aliphatic rings. The number of likely N-dealkylation sites (N-methyl/N-ethyl adjacent to an activating group) is 2. The van der Waals surface area contributed by atoms with Crippen LogP contribution >= 0.6 is 11.3 Å². The fourth-order valence-corrected chi connectivity index (χ4v) is 4.48. The van der Waals surface area contributed by atoms with Gasteiger partial charge in [-0.2, -0.15) is 0 Å². The first-order valence-corrected chi connectivity index (χ1v) is 8.38. The Labute approximate surface area is 122 Å². The highest BCUT2D eigenvalue weighted by molar-refractivity contribution is 7.10. The Morgan fingerprint density at radius 1 is 1.21 bits per heavy atom. The molecule has 1 unspecified atom stereocenters. The minimum atomic E-state index is 0.275. The Kier molecular flexibility index (Phi) is 5.04. The van der Waals surface area contributed by atoms with E-state index in [9.17, 15) is 0 Å². The van der Waals surface area contributed by atoms with Gasteiger partial charge in [-0.05, 0) is 57.9 Å². The van der Waals surface area contributed by atoms with E-state index in [1.54, 1.807) is 0 Å². The third kappa shape index (κ3) is 2.88. The van der Waals surface area contributed by atoms with Gasteiger partial charge in [-0.1, -0.05) is 25.7 Å². The fraction of sp³-hybridized carbons (Fsp3) is 0.750. The normalized spacial score (nSPS) is 21.3. The quantitative estimate of drug-likeness (QED) is 0.840. The van der Waals surface area contributed by atoms with E-state index >= 15 is 0 Å². The summed E-state index contributed by atoms with van der Waals surface area (Å²) in [5.74, 6) is 0. The van der Waals surface area contributed by atoms with Crippen molar-refractivity contribution < 1.29 is 0 Å². The smallest absolute Gasteiger partial charge is 0.0515 e.